The molecule has 142 valence electrons. The highest BCUT2D eigenvalue weighted by Gasteiger charge is 2.36. The van der Waals surface area contributed by atoms with Crippen LogP contribution in [0.3, 0.4) is 0 Å². The fraction of sp³-hybridized carbons (Fsp3) is 0.316. The van der Waals surface area contributed by atoms with Gasteiger partial charge in [-0.2, -0.15) is 18.4 Å². The Labute approximate surface area is 155 Å². The van der Waals surface area contributed by atoms with Gasteiger partial charge in [-0.1, -0.05) is 12.1 Å². The summed E-state index contributed by atoms with van der Waals surface area (Å²) >= 11 is 0. The predicted molar refractivity (Wildman–Crippen MR) is 93.4 cm³/mol. The summed E-state index contributed by atoms with van der Waals surface area (Å²) < 4.78 is 44.6. The molecule has 1 heterocycles. The third-order valence-electron chi connectivity index (χ3n) is 3.79. The number of pyridine rings is 1. The summed E-state index contributed by atoms with van der Waals surface area (Å²) in [6.07, 6.45) is -4.72. The maximum absolute atomic E-state index is 13.1. The smallest absolute Gasteiger partial charge is 0.417 e. The number of carbonyl (C=O) groups is 1. The first-order valence-corrected chi connectivity index (χ1v) is 8.16. The molecule has 0 atom stereocenters. The standard InChI is InChI=1S/C19H18F3N3O2/c1-4-25(14-7-5-6-12(2)8-14)17(26)11-27-18-15(10-23)16(19(20,21)22)9-13(3)24-18/h5-9H,4,11H2,1-3H3. The largest absolute Gasteiger partial charge is 0.467 e. The summed E-state index contributed by atoms with van der Waals surface area (Å²) in [5.74, 6) is -0.956. The lowest BCUT2D eigenvalue weighted by Crippen LogP contribution is -2.35. The van der Waals surface area contributed by atoms with E-state index in [9.17, 15) is 18.0 Å². The second-order valence-corrected chi connectivity index (χ2v) is 5.87. The van der Waals surface area contributed by atoms with Crippen LogP contribution in [0.15, 0.2) is 30.3 Å². The zero-order valence-electron chi connectivity index (χ0n) is 15.1. The van der Waals surface area contributed by atoms with E-state index in [0.29, 0.717) is 12.2 Å². The molecule has 2 aromatic rings. The molecule has 0 bridgehead atoms. The van der Waals surface area contributed by atoms with Gasteiger partial charge in [0.2, 0.25) is 5.88 Å². The lowest BCUT2D eigenvalue weighted by atomic mass is 10.1. The number of hydrogen-bond acceptors (Lipinski definition) is 4. The predicted octanol–water partition coefficient (Wildman–Crippen LogP) is 4.02. The summed E-state index contributed by atoms with van der Waals surface area (Å²) in [5, 5.41) is 9.12. The van der Waals surface area contributed by atoms with Crippen LogP contribution < -0.4 is 9.64 Å². The first kappa shape index (κ1) is 20.2. The molecule has 0 fully saturated rings. The van der Waals surface area contributed by atoms with Crippen molar-refractivity contribution < 1.29 is 22.7 Å². The third-order valence-corrected chi connectivity index (χ3v) is 3.79. The fourth-order valence-electron chi connectivity index (χ4n) is 2.59. The van der Waals surface area contributed by atoms with Crippen molar-refractivity contribution in [2.75, 3.05) is 18.1 Å². The molecule has 8 heteroatoms. The third kappa shape index (κ3) is 4.76. The Kier molecular flexibility index (Phi) is 6.05. The summed E-state index contributed by atoms with van der Waals surface area (Å²) in [6, 6.07) is 9.49. The average molecular weight is 377 g/mol. The van der Waals surface area contributed by atoms with Gasteiger partial charge >= 0.3 is 6.18 Å². The first-order chi connectivity index (χ1) is 12.7. The normalized spacial score (nSPS) is 11.0. The van der Waals surface area contributed by atoms with E-state index in [-0.39, 0.29) is 5.69 Å². The number of nitriles is 1. The topological polar surface area (TPSA) is 66.2 Å². The number of likely N-dealkylation sites (N-methyl/N-ethyl adjacent to an activating group) is 1. The van der Waals surface area contributed by atoms with Gasteiger partial charge in [0, 0.05) is 17.9 Å². The molecule has 5 nitrogen and oxygen atoms in total. The van der Waals surface area contributed by atoms with Gasteiger partial charge in [0.05, 0.1) is 5.56 Å². The number of ether oxygens (including phenoxy) is 1. The summed E-state index contributed by atoms with van der Waals surface area (Å²) in [6.45, 7) is 4.83. The van der Waals surface area contributed by atoms with E-state index >= 15 is 0 Å². The number of halogens is 3. The van der Waals surface area contributed by atoms with Crippen molar-refractivity contribution in [3.8, 4) is 11.9 Å². The second-order valence-electron chi connectivity index (χ2n) is 5.87. The Morgan fingerprint density at radius 3 is 2.56 bits per heavy atom. The number of anilines is 1. The maximum atomic E-state index is 13.1. The van der Waals surface area contributed by atoms with Crippen molar-refractivity contribution in [1.29, 1.82) is 5.26 Å². The SMILES string of the molecule is CCN(C(=O)COc1nc(C)cc(C(F)(F)F)c1C#N)c1cccc(C)c1. The van der Waals surface area contributed by atoms with Gasteiger partial charge in [0.25, 0.3) is 5.91 Å². The highest BCUT2D eigenvalue weighted by molar-refractivity contribution is 5.94. The maximum Gasteiger partial charge on any atom is 0.417 e. The Morgan fingerprint density at radius 2 is 2.00 bits per heavy atom. The van der Waals surface area contributed by atoms with Gasteiger partial charge in [-0.25, -0.2) is 4.98 Å². The van der Waals surface area contributed by atoms with Crippen LogP contribution in [0.2, 0.25) is 0 Å². The molecule has 0 N–H and O–H groups in total. The van der Waals surface area contributed by atoms with E-state index in [2.05, 4.69) is 4.98 Å². The van der Waals surface area contributed by atoms with E-state index in [1.165, 1.54) is 17.9 Å². The minimum absolute atomic E-state index is 0.0369. The molecule has 0 aliphatic heterocycles. The van der Waals surface area contributed by atoms with Crippen molar-refractivity contribution in [2.24, 2.45) is 0 Å². The van der Waals surface area contributed by atoms with Crippen LogP contribution in [-0.4, -0.2) is 24.0 Å². The molecule has 27 heavy (non-hydrogen) atoms. The Bertz CT molecular complexity index is 889. The van der Waals surface area contributed by atoms with E-state index in [1.54, 1.807) is 19.1 Å². The van der Waals surface area contributed by atoms with Gasteiger partial charge in [0.1, 0.15) is 11.6 Å². The van der Waals surface area contributed by atoms with E-state index in [4.69, 9.17) is 10.00 Å². The summed E-state index contributed by atoms with van der Waals surface area (Å²) in [5.41, 5.74) is -0.221. The van der Waals surface area contributed by atoms with Crippen LogP contribution in [0.5, 0.6) is 5.88 Å². The van der Waals surface area contributed by atoms with Crippen molar-refractivity contribution in [3.63, 3.8) is 0 Å². The van der Waals surface area contributed by atoms with Crippen molar-refractivity contribution in [2.45, 2.75) is 26.9 Å². The van der Waals surface area contributed by atoms with Gasteiger partial charge in [-0.15, -0.1) is 0 Å². The molecule has 0 saturated carbocycles. The monoisotopic (exact) mass is 377 g/mol. The van der Waals surface area contributed by atoms with E-state index in [0.717, 1.165) is 11.6 Å². The van der Waals surface area contributed by atoms with Crippen LogP contribution in [0.25, 0.3) is 0 Å². The summed E-state index contributed by atoms with van der Waals surface area (Å²) in [4.78, 5) is 17.8. The lowest BCUT2D eigenvalue weighted by molar-refractivity contribution is -0.138. The Hall–Kier alpha value is -3.08. The molecule has 1 aromatic heterocycles. The molecule has 0 unspecified atom stereocenters. The number of rotatable bonds is 5. The minimum atomic E-state index is -4.72. The number of nitrogens with zero attached hydrogens (tertiary/aromatic N) is 3. The Balaban J connectivity index is 2.26. The zero-order valence-corrected chi connectivity index (χ0v) is 15.1. The molecular formula is C19H18F3N3O2. The fourth-order valence-corrected chi connectivity index (χ4v) is 2.59. The second kappa shape index (κ2) is 8.08. The van der Waals surface area contributed by atoms with Crippen LogP contribution in [0, 0.1) is 25.2 Å². The van der Waals surface area contributed by atoms with Gasteiger partial charge in [0.15, 0.2) is 6.61 Å². The number of carbonyl (C=O) groups excluding carboxylic acids is 1. The van der Waals surface area contributed by atoms with Crippen LogP contribution in [-0.2, 0) is 11.0 Å². The molecule has 2 rings (SSSR count). The molecule has 0 aliphatic rings. The van der Waals surface area contributed by atoms with Gasteiger partial charge < -0.3 is 9.64 Å². The summed E-state index contributed by atoms with van der Waals surface area (Å²) in [7, 11) is 0. The van der Waals surface area contributed by atoms with Crippen molar-refractivity contribution >= 4 is 11.6 Å². The molecule has 1 aromatic carbocycles. The zero-order chi connectivity index (χ0) is 20.2. The molecule has 0 radical (unpaired) electrons. The lowest BCUT2D eigenvalue weighted by Gasteiger charge is -2.22. The number of aromatic nitrogens is 1. The highest BCUT2D eigenvalue weighted by Crippen LogP contribution is 2.35. The quantitative estimate of drug-likeness (QED) is 0.789. The number of hydrogen-bond donors (Lipinski definition) is 0. The van der Waals surface area contributed by atoms with Crippen molar-refractivity contribution in [3.05, 3.63) is 52.7 Å². The van der Waals surface area contributed by atoms with E-state index in [1.807, 2.05) is 19.1 Å². The average Bonchev–Trinajstić information content (AvgIpc) is 2.59. The number of aryl methyl sites for hydroxylation is 2. The highest BCUT2D eigenvalue weighted by atomic mass is 19.4. The number of benzene rings is 1. The van der Waals surface area contributed by atoms with Crippen LogP contribution in [0.4, 0.5) is 18.9 Å². The van der Waals surface area contributed by atoms with Gasteiger partial charge in [-0.3, -0.25) is 4.79 Å². The molecular weight excluding hydrogens is 359 g/mol. The molecule has 1 amide bonds. The Morgan fingerprint density at radius 1 is 1.30 bits per heavy atom. The minimum Gasteiger partial charge on any atom is -0.467 e. The number of amides is 1. The van der Waals surface area contributed by atoms with Crippen LogP contribution in [0.1, 0.15) is 29.3 Å². The van der Waals surface area contributed by atoms with E-state index < -0.39 is 35.7 Å². The molecule has 0 spiro atoms. The number of alkyl halides is 3. The van der Waals surface area contributed by atoms with Crippen LogP contribution >= 0.6 is 0 Å². The van der Waals surface area contributed by atoms with Gasteiger partial charge in [-0.05, 0) is 44.5 Å². The first-order valence-electron chi connectivity index (χ1n) is 8.16. The van der Waals surface area contributed by atoms with Crippen molar-refractivity contribution in [1.82, 2.24) is 4.98 Å². The molecule has 0 saturated heterocycles. The molecule has 0 aliphatic carbocycles.